The average Bonchev–Trinajstić information content (AvgIpc) is 1.88. The number of hydrogen-bond donors (Lipinski definition) is 2. The summed E-state index contributed by atoms with van der Waals surface area (Å²) in [5.41, 5.74) is 2.01. The van der Waals surface area contributed by atoms with Crippen LogP contribution in [0.3, 0.4) is 0 Å². The lowest BCUT2D eigenvalue weighted by Gasteiger charge is -1.99. The second kappa shape index (κ2) is 4.75. The summed E-state index contributed by atoms with van der Waals surface area (Å²) in [7, 11) is 2.77. The molecule has 0 bridgehead atoms. The van der Waals surface area contributed by atoms with Crippen LogP contribution in [0, 0.1) is 0 Å². The maximum absolute atomic E-state index is 10.5. The van der Waals surface area contributed by atoms with Crippen LogP contribution in [0.1, 0.15) is 6.42 Å². The molecule has 0 aromatic carbocycles. The number of amides is 2. The lowest BCUT2D eigenvalue weighted by Crippen LogP contribution is -2.29. The van der Waals surface area contributed by atoms with E-state index in [1.807, 2.05) is 5.48 Å². The molecule has 0 saturated carbocycles. The molecule has 5 nitrogen and oxygen atoms in total. The van der Waals surface area contributed by atoms with Crippen LogP contribution < -0.4 is 10.8 Å². The fourth-order valence-electron chi connectivity index (χ4n) is 0.384. The lowest BCUT2D eigenvalue weighted by atomic mass is 10.4. The molecule has 0 unspecified atom stereocenters. The topological polar surface area (TPSA) is 67.4 Å². The first-order valence-electron chi connectivity index (χ1n) is 2.73. The Balaban J connectivity index is 3.47. The molecule has 5 heteroatoms. The quantitative estimate of drug-likeness (QED) is 0.388. The van der Waals surface area contributed by atoms with E-state index in [9.17, 15) is 9.59 Å². The summed E-state index contributed by atoms with van der Waals surface area (Å²) in [6.07, 6.45) is -0.204. The number of hydrogen-bond acceptors (Lipinski definition) is 3. The molecule has 0 rings (SSSR count). The maximum Gasteiger partial charge on any atom is 0.252 e. The van der Waals surface area contributed by atoms with Gasteiger partial charge >= 0.3 is 0 Å². The molecule has 0 aliphatic rings. The van der Waals surface area contributed by atoms with Gasteiger partial charge in [-0.05, 0) is 0 Å². The third kappa shape index (κ3) is 3.85. The van der Waals surface area contributed by atoms with Crippen molar-refractivity contribution < 1.29 is 14.4 Å². The van der Waals surface area contributed by atoms with E-state index >= 15 is 0 Å². The van der Waals surface area contributed by atoms with Gasteiger partial charge < -0.3 is 5.32 Å². The molecule has 0 radical (unpaired) electrons. The van der Waals surface area contributed by atoms with Gasteiger partial charge in [-0.1, -0.05) is 0 Å². The third-order valence-corrected chi connectivity index (χ3v) is 0.816. The van der Waals surface area contributed by atoms with Gasteiger partial charge in [0.05, 0.1) is 7.11 Å². The molecular weight excluding hydrogens is 136 g/mol. The average molecular weight is 146 g/mol. The van der Waals surface area contributed by atoms with Gasteiger partial charge in [0.1, 0.15) is 6.42 Å². The summed E-state index contributed by atoms with van der Waals surface area (Å²) >= 11 is 0. The third-order valence-electron chi connectivity index (χ3n) is 0.816. The lowest BCUT2D eigenvalue weighted by molar-refractivity contribution is -0.135. The highest BCUT2D eigenvalue weighted by atomic mass is 16.6. The van der Waals surface area contributed by atoms with E-state index in [-0.39, 0.29) is 12.3 Å². The van der Waals surface area contributed by atoms with Crippen LogP contribution in [-0.4, -0.2) is 26.0 Å². The Bertz CT molecular complexity index is 135. The zero-order valence-electron chi connectivity index (χ0n) is 5.93. The van der Waals surface area contributed by atoms with Crippen LogP contribution in [0.25, 0.3) is 0 Å². The Kier molecular flexibility index (Phi) is 4.23. The van der Waals surface area contributed by atoms with Gasteiger partial charge in [0.15, 0.2) is 0 Å². The second-order valence-corrected chi connectivity index (χ2v) is 1.58. The molecule has 0 aromatic heterocycles. The first-order chi connectivity index (χ1) is 4.70. The molecule has 0 spiro atoms. The Morgan fingerprint density at radius 3 is 2.40 bits per heavy atom. The maximum atomic E-state index is 10.5. The summed E-state index contributed by atoms with van der Waals surface area (Å²) in [6.45, 7) is 0. The first kappa shape index (κ1) is 8.90. The molecule has 0 atom stereocenters. The van der Waals surface area contributed by atoms with Crippen LogP contribution in [-0.2, 0) is 14.4 Å². The highest BCUT2D eigenvalue weighted by molar-refractivity contribution is 5.96. The minimum Gasteiger partial charge on any atom is -0.359 e. The van der Waals surface area contributed by atoms with Gasteiger partial charge in [-0.2, -0.15) is 0 Å². The van der Waals surface area contributed by atoms with Crippen molar-refractivity contribution in [2.45, 2.75) is 6.42 Å². The normalized spacial score (nSPS) is 8.60. The van der Waals surface area contributed by atoms with Crippen molar-refractivity contribution in [3.63, 3.8) is 0 Å². The zero-order valence-corrected chi connectivity index (χ0v) is 5.93. The van der Waals surface area contributed by atoms with Gasteiger partial charge in [0, 0.05) is 7.05 Å². The van der Waals surface area contributed by atoms with Gasteiger partial charge in [-0.3, -0.25) is 14.4 Å². The molecule has 0 heterocycles. The second-order valence-electron chi connectivity index (χ2n) is 1.58. The van der Waals surface area contributed by atoms with E-state index in [0.717, 1.165) is 0 Å². The van der Waals surface area contributed by atoms with Gasteiger partial charge in [-0.25, -0.2) is 5.48 Å². The number of carbonyl (C=O) groups excluding carboxylic acids is 2. The molecule has 0 saturated heterocycles. The van der Waals surface area contributed by atoms with Crippen LogP contribution in [0.4, 0.5) is 0 Å². The molecule has 2 amide bonds. The van der Waals surface area contributed by atoms with E-state index in [1.165, 1.54) is 14.2 Å². The Morgan fingerprint density at radius 2 is 2.00 bits per heavy atom. The Hall–Kier alpha value is -1.10. The van der Waals surface area contributed by atoms with E-state index in [1.54, 1.807) is 0 Å². The summed E-state index contributed by atoms with van der Waals surface area (Å²) in [6, 6.07) is 0. The van der Waals surface area contributed by atoms with Crippen molar-refractivity contribution >= 4 is 11.8 Å². The van der Waals surface area contributed by atoms with Crippen molar-refractivity contribution in [2.75, 3.05) is 14.2 Å². The summed E-state index contributed by atoms with van der Waals surface area (Å²) in [5, 5.41) is 2.30. The molecule has 58 valence electrons. The van der Waals surface area contributed by atoms with Crippen LogP contribution in [0.15, 0.2) is 0 Å². The van der Waals surface area contributed by atoms with E-state index in [0.29, 0.717) is 0 Å². The van der Waals surface area contributed by atoms with Crippen LogP contribution in [0.2, 0.25) is 0 Å². The van der Waals surface area contributed by atoms with Crippen molar-refractivity contribution in [3.8, 4) is 0 Å². The minimum atomic E-state index is -0.457. The minimum absolute atomic E-state index is 0.204. The van der Waals surface area contributed by atoms with Gasteiger partial charge in [-0.15, -0.1) is 0 Å². The molecule has 0 fully saturated rings. The monoisotopic (exact) mass is 146 g/mol. The fourth-order valence-corrected chi connectivity index (χ4v) is 0.384. The van der Waals surface area contributed by atoms with Crippen molar-refractivity contribution in [2.24, 2.45) is 0 Å². The summed E-state index contributed by atoms with van der Waals surface area (Å²) in [5.74, 6) is -0.795. The van der Waals surface area contributed by atoms with Crippen molar-refractivity contribution in [3.05, 3.63) is 0 Å². The Morgan fingerprint density at radius 1 is 1.40 bits per heavy atom. The van der Waals surface area contributed by atoms with E-state index < -0.39 is 5.91 Å². The van der Waals surface area contributed by atoms with E-state index in [4.69, 9.17) is 0 Å². The number of rotatable bonds is 3. The van der Waals surface area contributed by atoms with Gasteiger partial charge in [0.2, 0.25) is 5.91 Å². The Labute approximate surface area is 58.7 Å². The SMILES string of the molecule is CNC(=O)CC(=O)NOC. The molecule has 0 aromatic rings. The zero-order chi connectivity index (χ0) is 7.98. The van der Waals surface area contributed by atoms with Gasteiger partial charge in [0.25, 0.3) is 5.91 Å². The highest BCUT2D eigenvalue weighted by Crippen LogP contribution is 1.77. The van der Waals surface area contributed by atoms with Crippen LogP contribution >= 0.6 is 0 Å². The number of hydroxylamine groups is 1. The molecule has 10 heavy (non-hydrogen) atoms. The molecular formula is C5H10N2O3. The number of carbonyl (C=O) groups is 2. The predicted molar refractivity (Wildman–Crippen MR) is 33.8 cm³/mol. The highest BCUT2D eigenvalue weighted by Gasteiger charge is 2.05. The summed E-state index contributed by atoms with van der Waals surface area (Å²) < 4.78 is 0. The fraction of sp³-hybridized carbons (Fsp3) is 0.600. The largest absolute Gasteiger partial charge is 0.359 e. The number of nitrogens with one attached hydrogen (secondary N) is 2. The van der Waals surface area contributed by atoms with Crippen molar-refractivity contribution in [1.29, 1.82) is 0 Å². The molecule has 0 aliphatic heterocycles. The smallest absolute Gasteiger partial charge is 0.252 e. The standard InChI is InChI=1S/C5H10N2O3/c1-6-4(8)3-5(9)7-10-2/h3H2,1-2H3,(H,6,8)(H,7,9). The van der Waals surface area contributed by atoms with Crippen molar-refractivity contribution in [1.82, 2.24) is 10.8 Å². The summed E-state index contributed by atoms with van der Waals surface area (Å²) in [4.78, 5) is 25.3. The van der Waals surface area contributed by atoms with Crippen LogP contribution in [0.5, 0.6) is 0 Å². The first-order valence-corrected chi connectivity index (χ1v) is 2.73. The predicted octanol–water partition coefficient (Wildman–Crippen LogP) is -1.20. The molecule has 0 aliphatic carbocycles. The van der Waals surface area contributed by atoms with E-state index in [2.05, 4.69) is 10.2 Å². The molecule has 2 N–H and O–H groups in total.